The molecule has 4 heteroatoms. The predicted octanol–water partition coefficient (Wildman–Crippen LogP) is 3.25. The molecule has 0 saturated heterocycles. The van der Waals surface area contributed by atoms with Crippen molar-refractivity contribution in [2.24, 2.45) is 0 Å². The Morgan fingerprint density at radius 3 is 2.69 bits per heavy atom. The molecule has 0 bridgehead atoms. The van der Waals surface area contributed by atoms with Crippen LogP contribution >= 0.6 is 27.3 Å². The topological polar surface area (TPSA) is 23.5 Å². The minimum atomic E-state index is -0.427. The Balaban J connectivity index is 1.86. The van der Waals surface area contributed by atoms with Crippen molar-refractivity contribution in [3.8, 4) is 0 Å². The third-order valence-electron chi connectivity index (χ3n) is 3.15. The van der Waals surface area contributed by atoms with Gasteiger partial charge in [-0.2, -0.15) is 0 Å². The van der Waals surface area contributed by atoms with E-state index in [0.29, 0.717) is 0 Å². The lowest BCUT2D eigenvalue weighted by atomic mass is 10.0. The zero-order chi connectivity index (χ0) is 11.6. The molecule has 90 valence electrons. The van der Waals surface area contributed by atoms with Crippen LogP contribution in [0.1, 0.15) is 30.6 Å². The van der Waals surface area contributed by atoms with Gasteiger partial charge in [-0.15, -0.1) is 11.3 Å². The normalized spacial score (nSPS) is 19.5. The SMILES string of the molecule is CN(Cc1ccc(Br)s1)CC1(O)CCCC1. The zero-order valence-electron chi connectivity index (χ0n) is 9.58. The Morgan fingerprint density at radius 1 is 1.44 bits per heavy atom. The van der Waals surface area contributed by atoms with Crippen LogP contribution in [0, 0.1) is 0 Å². The van der Waals surface area contributed by atoms with E-state index in [1.54, 1.807) is 11.3 Å². The maximum Gasteiger partial charge on any atom is 0.0774 e. The van der Waals surface area contributed by atoms with Gasteiger partial charge in [0.05, 0.1) is 9.39 Å². The first-order valence-corrected chi connectivity index (χ1v) is 7.33. The minimum Gasteiger partial charge on any atom is -0.389 e. The molecule has 1 saturated carbocycles. The van der Waals surface area contributed by atoms with Crippen LogP contribution in [-0.2, 0) is 6.54 Å². The van der Waals surface area contributed by atoms with E-state index in [1.165, 1.54) is 21.5 Å². The molecule has 1 aromatic rings. The second kappa shape index (κ2) is 5.17. The van der Waals surface area contributed by atoms with E-state index in [-0.39, 0.29) is 0 Å². The van der Waals surface area contributed by atoms with Crippen LogP contribution in [0.2, 0.25) is 0 Å². The molecule has 1 aromatic heterocycles. The van der Waals surface area contributed by atoms with E-state index < -0.39 is 5.60 Å². The van der Waals surface area contributed by atoms with Crippen LogP contribution < -0.4 is 0 Å². The number of rotatable bonds is 4. The smallest absolute Gasteiger partial charge is 0.0774 e. The summed E-state index contributed by atoms with van der Waals surface area (Å²) in [5, 5.41) is 10.3. The molecule has 0 aliphatic heterocycles. The Hall–Kier alpha value is 0.1000. The van der Waals surface area contributed by atoms with Crippen molar-refractivity contribution in [2.45, 2.75) is 37.8 Å². The number of aliphatic hydroxyl groups is 1. The average Bonchev–Trinajstić information content (AvgIpc) is 2.75. The summed E-state index contributed by atoms with van der Waals surface area (Å²) >= 11 is 5.24. The number of halogens is 1. The van der Waals surface area contributed by atoms with Gasteiger partial charge in [-0.3, -0.25) is 4.90 Å². The van der Waals surface area contributed by atoms with Gasteiger partial charge in [0.2, 0.25) is 0 Å². The van der Waals surface area contributed by atoms with Gasteiger partial charge >= 0.3 is 0 Å². The number of hydrogen-bond acceptors (Lipinski definition) is 3. The summed E-state index contributed by atoms with van der Waals surface area (Å²) in [5.74, 6) is 0. The summed E-state index contributed by atoms with van der Waals surface area (Å²) in [7, 11) is 2.09. The molecule has 0 amide bonds. The molecule has 0 unspecified atom stereocenters. The standard InChI is InChI=1S/C12H18BrNOS/c1-14(8-10-4-5-11(13)16-10)9-12(15)6-2-3-7-12/h4-5,15H,2-3,6-9H2,1H3. The second-order valence-electron chi connectivity index (χ2n) is 4.81. The molecule has 1 heterocycles. The summed E-state index contributed by atoms with van der Waals surface area (Å²) in [6.45, 7) is 1.72. The Morgan fingerprint density at radius 2 is 2.12 bits per heavy atom. The summed E-state index contributed by atoms with van der Waals surface area (Å²) in [4.78, 5) is 3.57. The van der Waals surface area contributed by atoms with Crippen molar-refractivity contribution in [1.82, 2.24) is 4.90 Å². The maximum atomic E-state index is 10.3. The van der Waals surface area contributed by atoms with Gasteiger partial charge in [0.15, 0.2) is 0 Å². The van der Waals surface area contributed by atoms with Gasteiger partial charge in [0.1, 0.15) is 0 Å². The van der Waals surface area contributed by atoms with Crippen molar-refractivity contribution in [1.29, 1.82) is 0 Å². The van der Waals surface area contributed by atoms with Gasteiger partial charge in [0.25, 0.3) is 0 Å². The van der Waals surface area contributed by atoms with Gasteiger partial charge < -0.3 is 5.11 Å². The molecule has 1 aliphatic rings. The van der Waals surface area contributed by atoms with Crippen LogP contribution in [0.4, 0.5) is 0 Å². The number of thiophene rings is 1. The van der Waals surface area contributed by atoms with E-state index >= 15 is 0 Å². The number of nitrogens with zero attached hydrogens (tertiary/aromatic N) is 1. The van der Waals surface area contributed by atoms with Gasteiger partial charge in [-0.25, -0.2) is 0 Å². The van der Waals surface area contributed by atoms with Crippen LogP contribution in [0.25, 0.3) is 0 Å². The number of likely N-dealkylation sites (N-methyl/N-ethyl adjacent to an activating group) is 1. The lowest BCUT2D eigenvalue weighted by molar-refractivity contribution is 0.0147. The quantitative estimate of drug-likeness (QED) is 0.923. The fraction of sp³-hybridized carbons (Fsp3) is 0.667. The highest BCUT2D eigenvalue weighted by molar-refractivity contribution is 9.11. The third kappa shape index (κ3) is 3.29. The van der Waals surface area contributed by atoms with Crippen LogP contribution in [0.15, 0.2) is 15.9 Å². The van der Waals surface area contributed by atoms with E-state index in [1.807, 2.05) is 0 Å². The van der Waals surface area contributed by atoms with Crippen molar-refractivity contribution < 1.29 is 5.11 Å². The number of hydrogen-bond donors (Lipinski definition) is 1. The highest BCUT2D eigenvalue weighted by Gasteiger charge is 2.32. The largest absolute Gasteiger partial charge is 0.389 e. The molecule has 16 heavy (non-hydrogen) atoms. The Labute approximate surface area is 109 Å². The third-order valence-corrected chi connectivity index (χ3v) is 4.76. The Kier molecular flexibility index (Phi) is 4.06. The van der Waals surface area contributed by atoms with Crippen LogP contribution in [0.5, 0.6) is 0 Å². The lowest BCUT2D eigenvalue weighted by Crippen LogP contribution is -2.38. The summed E-state index contributed by atoms with van der Waals surface area (Å²) in [6.07, 6.45) is 4.28. The molecule has 0 spiro atoms. The van der Waals surface area contributed by atoms with Crippen LogP contribution in [-0.4, -0.2) is 29.2 Å². The highest BCUT2D eigenvalue weighted by Crippen LogP contribution is 2.30. The molecular weight excluding hydrogens is 286 g/mol. The first kappa shape index (κ1) is 12.6. The molecule has 1 aliphatic carbocycles. The average molecular weight is 304 g/mol. The van der Waals surface area contributed by atoms with Crippen LogP contribution in [0.3, 0.4) is 0 Å². The summed E-state index contributed by atoms with van der Waals surface area (Å²) in [5.41, 5.74) is -0.427. The molecule has 2 nitrogen and oxygen atoms in total. The molecule has 1 fully saturated rings. The zero-order valence-corrected chi connectivity index (χ0v) is 12.0. The molecule has 2 rings (SSSR count). The van der Waals surface area contributed by atoms with Gasteiger partial charge in [0, 0.05) is 18.0 Å². The lowest BCUT2D eigenvalue weighted by Gasteiger charge is -2.28. The first-order chi connectivity index (χ1) is 7.57. The van der Waals surface area contributed by atoms with Gasteiger partial charge in [-0.1, -0.05) is 12.8 Å². The predicted molar refractivity (Wildman–Crippen MR) is 71.8 cm³/mol. The van der Waals surface area contributed by atoms with E-state index in [4.69, 9.17) is 0 Å². The van der Waals surface area contributed by atoms with Crippen molar-refractivity contribution in [3.63, 3.8) is 0 Å². The molecule has 0 atom stereocenters. The van der Waals surface area contributed by atoms with Crippen molar-refractivity contribution >= 4 is 27.3 Å². The monoisotopic (exact) mass is 303 g/mol. The summed E-state index contributed by atoms with van der Waals surface area (Å²) < 4.78 is 1.18. The highest BCUT2D eigenvalue weighted by atomic mass is 79.9. The maximum absolute atomic E-state index is 10.3. The van der Waals surface area contributed by atoms with Crippen molar-refractivity contribution in [3.05, 3.63) is 20.8 Å². The van der Waals surface area contributed by atoms with E-state index in [9.17, 15) is 5.11 Å². The molecule has 0 radical (unpaired) electrons. The van der Waals surface area contributed by atoms with Gasteiger partial charge in [-0.05, 0) is 48.0 Å². The van der Waals surface area contributed by atoms with E-state index in [0.717, 1.165) is 25.9 Å². The second-order valence-corrected chi connectivity index (χ2v) is 7.36. The first-order valence-electron chi connectivity index (χ1n) is 5.73. The Bertz CT molecular complexity index is 347. The fourth-order valence-corrected chi connectivity index (χ4v) is 4.02. The van der Waals surface area contributed by atoms with Crippen molar-refractivity contribution in [2.75, 3.05) is 13.6 Å². The molecule has 1 N–H and O–H groups in total. The molecular formula is C12H18BrNOS. The molecule has 0 aromatic carbocycles. The van der Waals surface area contributed by atoms with E-state index in [2.05, 4.69) is 40.0 Å². The minimum absolute atomic E-state index is 0.427. The summed E-state index contributed by atoms with van der Waals surface area (Å²) in [6, 6.07) is 4.22. The fourth-order valence-electron chi connectivity index (χ4n) is 2.45.